The van der Waals surface area contributed by atoms with Gasteiger partial charge in [-0.2, -0.15) is 5.10 Å². The molecule has 0 unspecified atom stereocenters. The van der Waals surface area contributed by atoms with Gasteiger partial charge in [0.2, 0.25) is 0 Å². The number of esters is 1. The molecule has 1 rings (SSSR count). The molecular weight excluding hydrogens is 144 g/mol. The van der Waals surface area contributed by atoms with Gasteiger partial charge in [-0.25, -0.2) is 9.48 Å². The van der Waals surface area contributed by atoms with E-state index in [1.165, 1.54) is 18.0 Å². The predicted octanol–water partition coefficient (Wildman–Crippen LogP) is 0.770. The van der Waals surface area contributed by atoms with Crippen molar-refractivity contribution in [2.45, 2.75) is 0 Å². The number of methoxy groups -OCH3 is 1. The van der Waals surface area contributed by atoms with Crippen LogP contribution in [0, 0.1) is 0 Å². The van der Waals surface area contributed by atoms with Gasteiger partial charge in [0.25, 0.3) is 0 Å². The molecule has 1 aromatic heterocycles. The number of aromatic nitrogens is 2. The van der Waals surface area contributed by atoms with Crippen LogP contribution in [0.4, 0.5) is 0 Å². The first-order valence-corrected chi connectivity index (χ1v) is 3.04. The van der Waals surface area contributed by atoms with E-state index in [4.69, 9.17) is 0 Å². The summed E-state index contributed by atoms with van der Waals surface area (Å²) in [5.41, 5.74) is 0.285. The van der Waals surface area contributed by atoms with Gasteiger partial charge in [-0.3, -0.25) is 0 Å². The van der Waals surface area contributed by atoms with Crippen molar-refractivity contribution in [2.75, 3.05) is 7.11 Å². The summed E-state index contributed by atoms with van der Waals surface area (Å²) < 4.78 is 5.88. The van der Waals surface area contributed by atoms with E-state index in [0.717, 1.165) is 0 Å². The molecule has 11 heavy (non-hydrogen) atoms. The molecule has 4 heteroatoms. The Morgan fingerprint density at radius 3 is 3.09 bits per heavy atom. The minimum absolute atomic E-state index is 0.285. The van der Waals surface area contributed by atoms with Crippen LogP contribution in [-0.2, 0) is 4.74 Å². The zero-order chi connectivity index (χ0) is 8.27. The second kappa shape index (κ2) is 3.01. The molecule has 0 radical (unpaired) electrons. The lowest BCUT2D eigenvalue weighted by molar-refractivity contribution is 0.0593. The van der Waals surface area contributed by atoms with Gasteiger partial charge >= 0.3 is 5.97 Å². The van der Waals surface area contributed by atoms with Crippen LogP contribution in [-0.4, -0.2) is 22.9 Å². The van der Waals surface area contributed by atoms with Crippen molar-refractivity contribution in [1.29, 1.82) is 0 Å². The number of rotatable bonds is 2. The normalized spacial score (nSPS) is 9.18. The van der Waals surface area contributed by atoms with Crippen LogP contribution in [0.15, 0.2) is 18.8 Å². The Morgan fingerprint density at radius 2 is 2.64 bits per heavy atom. The molecule has 0 atom stereocenters. The van der Waals surface area contributed by atoms with E-state index >= 15 is 0 Å². The second-order valence-electron chi connectivity index (χ2n) is 1.86. The largest absolute Gasteiger partial charge is 0.464 e. The summed E-state index contributed by atoms with van der Waals surface area (Å²) in [5, 5.41) is 3.82. The molecule has 1 heterocycles. The van der Waals surface area contributed by atoms with Gasteiger partial charge in [-0.05, 0) is 6.07 Å². The fourth-order valence-electron chi connectivity index (χ4n) is 0.653. The fraction of sp³-hybridized carbons (Fsp3) is 0.143. The molecule has 0 bridgehead atoms. The van der Waals surface area contributed by atoms with E-state index in [9.17, 15) is 4.79 Å². The quantitative estimate of drug-likeness (QED) is 0.588. The SMILES string of the molecule is C=Cn1ccc(C(=O)OC)n1. The molecule has 0 aliphatic heterocycles. The minimum atomic E-state index is -0.439. The Labute approximate surface area is 64.1 Å². The lowest BCUT2D eigenvalue weighted by Crippen LogP contribution is -2.02. The van der Waals surface area contributed by atoms with Gasteiger partial charge < -0.3 is 4.74 Å². The van der Waals surface area contributed by atoms with Crippen LogP contribution in [0.3, 0.4) is 0 Å². The van der Waals surface area contributed by atoms with Crippen LogP contribution in [0.25, 0.3) is 6.20 Å². The number of nitrogens with zero attached hydrogens (tertiary/aromatic N) is 2. The molecule has 0 aliphatic rings. The molecule has 0 saturated carbocycles. The molecule has 0 spiro atoms. The Hall–Kier alpha value is -1.58. The third-order valence-electron chi connectivity index (χ3n) is 1.19. The zero-order valence-corrected chi connectivity index (χ0v) is 6.15. The van der Waals surface area contributed by atoms with Crippen molar-refractivity contribution < 1.29 is 9.53 Å². The van der Waals surface area contributed by atoms with E-state index in [1.54, 1.807) is 12.3 Å². The van der Waals surface area contributed by atoms with Crippen LogP contribution in [0.5, 0.6) is 0 Å². The van der Waals surface area contributed by atoms with Crippen molar-refractivity contribution in [3.8, 4) is 0 Å². The molecule has 58 valence electrons. The van der Waals surface area contributed by atoms with Crippen molar-refractivity contribution in [1.82, 2.24) is 9.78 Å². The number of hydrogen-bond acceptors (Lipinski definition) is 3. The van der Waals surface area contributed by atoms with Gasteiger partial charge in [0.1, 0.15) is 0 Å². The Kier molecular flexibility index (Phi) is 2.06. The second-order valence-corrected chi connectivity index (χ2v) is 1.86. The third kappa shape index (κ3) is 1.46. The van der Waals surface area contributed by atoms with Crippen molar-refractivity contribution in [2.24, 2.45) is 0 Å². The standard InChI is InChI=1S/C7H8N2O2/c1-3-9-5-4-6(8-9)7(10)11-2/h3-5H,1H2,2H3. The predicted molar refractivity (Wildman–Crippen MR) is 40.0 cm³/mol. The van der Waals surface area contributed by atoms with Gasteiger partial charge in [-0.1, -0.05) is 6.58 Å². The summed E-state index contributed by atoms with van der Waals surface area (Å²) in [6.45, 7) is 3.48. The molecule has 0 aromatic carbocycles. The average Bonchev–Trinajstić information content (AvgIpc) is 2.50. The maximum atomic E-state index is 10.8. The number of hydrogen-bond donors (Lipinski definition) is 0. The smallest absolute Gasteiger partial charge is 0.358 e. The van der Waals surface area contributed by atoms with Crippen LogP contribution >= 0.6 is 0 Å². The van der Waals surface area contributed by atoms with Crippen molar-refractivity contribution in [3.05, 3.63) is 24.5 Å². The zero-order valence-electron chi connectivity index (χ0n) is 6.15. The molecule has 0 fully saturated rings. The highest BCUT2D eigenvalue weighted by molar-refractivity contribution is 5.86. The maximum absolute atomic E-state index is 10.8. The number of carbonyl (C=O) groups is 1. The fourth-order valence-corrected chi connectivity index (χ4v) is 0.653. The topological polar surface area (TPSA) is 44.1 Å². The van der Waals surface area contributed by atoms with Gasteiger partial charge in [0, 0.05) is 12.4 Å². The molecule has 0 N–H and O–H groups in total. The van der Waals surface area contributed by atoms with Crippen LogP contribution in [0.1, 0.15) is 10.5 Å². The summed E-state index contributed by atoms with van der Waals surface area (Å²) in [7, 11) is 1.31. The summed E-state index contributed by atoms with van der Waals surface area (Å²) >= 11 is 0. The molecule has 0 aliphatic carbocycles. The van der Waals surface area contributed by atoms with Crippen molar-refractivity contribution in [3.63, 3.8) is 0 Å². The summed E-state index contributed by atoms with van der Waals surface area (Å²) in [6.07, 6.45) is 3.12. The van der Waals surface area contributed by atoms with E-state index < -0.39 is 5.97 Å². The highest BCUT2D eigenvalue weighted by atomic mass is 16.5. The van der Waals surface area contributed by atoms with E-state index in [1.807, 2.05) is 0 Å². The van der Waals surface area contributed by atoms with Crippen molar-refractivity contribution >= 4 is 12.2 Å². The Bertz CT molecular complexity index is 278. The highest BCUT2D eigenvalue weighted by Gasteiger charge is 2.06. The van der Waals surface area contributed by atoms with E-state index in [-0.39, 0.29) is 5.69 Å². The molecule has 4 nitrogen and oxygen atoms in total. The molecule has 0 saturated heterocycles. The van der Waals surface area contributed by atoms with E-state index in [2.05, 4.69) is 16.4 Å². The number of ether oxygens (including phenoxy) is 1. The third-order valence-corrected chi connectivity index (χ3v) is 1.19. The summed E-state index contributed by atoms with van der Waals surface area (Å²) in [5.74, 6) is -0.439. The molecule has 0 amide bonds. The van der Waals surface area contributed by atoms with Crippen LogP contribution in [0.2, 0.25) is 0 Å². The highest BCUT2D eigenvalue weighted by Crippen LogP contribution is 1.96. The lowest BCUT2D eigenvalue weighted by atomic mass is 10.4. The maximum Gasteiger partial charge on any atom is 0.358 e. The van der Waals surface area contributed by atoms with Crippen LogP contribution < -0.4 is 0 Å². The van der Waals surface area contributed by atoms with Gasteiger partial charge in [0.15, 0.2) is 5.69 Å². The summed E-state index contributed by atoms with van der Waals surface area (Å²) in [4.78, 5) is 10.8. The van der Waals surface area contributed by atoms with E-state index in [0.29, 0.717) is 0 Å². The lowest BCUT2D eigenvalue weighted by Gasteiger charge is -1.91. The molecule has 1 aromatic rings. The van der Waals surface area contributed by atoms with Gasteiger partial charge in [0.05, 0.1) is 7.11 Å². The Morgan fingerprint density at radius 1 is 1.91 bits per heavy atom. The minimum Gasteiger partial charge on any atom is -0.464 e. The first-order chi connectivity index (χ1) is 5.27. The molecular formula is C7H8N2O2. The Balaban J connectivity index is 2.88. The first-order valence-electron chi connectivity index (χ1n) is 3.04. The average molecular weight is 152 g/mol. The monoisotopic (exact) mass is 152 g/mol. The van der Waals surface area contributed by atoms with Gasteiger partial charge in [-0.15, -0.1) is 0 Å². The first kappa shape index (κ1) is 7.53. The number of carbonyl (C=O) groups excluding carboxylic acids is 1. The summed E-state index contributed by atoms with van der Waals surface area (Å²) in [6, 6.07) is 1.56.